The number of nitrogens with zero attached hydrogens (tertiary/aromatic N) is 1. The first kappa shape index (κ1) is 28.6. The molecule has 0 radical (unpaired) electrons. The third kappa shape index (κ3) is 8.80. The van der Waals surface area contributed by atoms with Gasteiger partial charge in [0, 0.05) is 48.8 Å². The Morgan fingerprint density at radius 3 is 2.43 bits per heavy atom. The molecule has 0 fully saturated rings. The second-order valence-corrected chi connectivity index (χ2v) is 11.0. The molecule has 200 valence electrons. The van der Waals surface area contributed by atoms with E-state index in [2.05, 4.69) is 4.98 Å². The zero-order valence-electron chi connectivity index (χ0n) is 21.4. The van der Waals surface area contributed by atoms with E-state index in [-0.39, 0.29) is 37.5 Å². The Hall–Kier alpha value is -3.01. The number of aromatic nitrogens is 1. The molecule has 0 amide bonds. The zero-order valence-corrected chi connectivity index (χ0v) is 22.3. The van der Waals surface area contributed by atoms with Crippen LogP contribution in [0.1, 0.15) is 42.7 Å². The highest BCUT2D eigenvalue weighted by Crippen LogP contribution is 2.29. The highest BCUT2D eigenvalue weighted by molar-refractivity contribution is 7.90. The molecule has 0 aliphatic rings. The maximum absolute atomic E-state index is 14.7. The van der Waals surface area contributed by atoms with Gasteiger partial charge in [-0.2, -0.15) is 0 Å². The Morgan fingerprint density at radius 1 is 1.03 bits per heavy atom. The molecule has 1 aromatic heterocycles. The lowest BCUT2D eigenvalue weighted by atomic mass is 10.0. The minimum Gasteiger partial charge on any atom is -0.489 e. The zero-order chi connectivity index (χ0) is 26.8. The predicted molar refractivity (Wildman–Crippen MR) is 141 cm³/mol. The van der Waals surface area contributed by atoms with Crippen LogP contribution in [0.5, 0.6) is 11.6 Å². The molecule has 2 aromatic carbocycles. The van der Waals surface area contributed by atoms with Crippen molar-refractivity contribution in [3.8, 4) is 22.8 Å². The third-order valence-corrected chi connectivity index (χ3v) is 6.74. The van der Waals surface area contributed by atoms with Crippen LogP contribution in [0, 0.1) is 12.7 Å². The monoisotopic (exact) mass is 531 g/mol. The minimum absolute atomic E-state index is 0.0474. The van der Waals surface area contributed by atoms with Crippen LogP contribution in [0.2, 0.25) is 0 Å². The second-order valence-electron chi connectivity index (χ2n) is 8.74. The molecule has 37 heavy (non-hydrogen) atoms. The number of rotatable bonds is 14. The number of hydrogen-bond acceptors (Lipinski definition) is 7. The summed E-state index contributed by atoms with van der Waals surface area (Å²) < 4.78 is 54.4. The fraction of sp³-hybridized carbons (Fsp3) is 0.393. The van der Waals surface area contributed by atoms with Crippen molar-refractivity contribution in [3.63, 3.8) is 0 Å². The summed E-state index contributed by atoms with van der Waals surface area (Å²) in [6, 6.07) is 15.8. The summed E-state index contributed by atoms with van der Waals surface area (Å²) >= 11 is 0. The number of sulfone groups is 1. The van der Waals surface area contributed by atoms with Crippen molar-refractivity contribution in [3.05, 3.63) is 77.2 Å². The van der Waals surface area contributed by atoms with Crippen molar-refractivity contribution in [2.75, 3.05) is 31.8 Å². The van der Waals surface area contributed by atoms with Crippen molar-refractivity contribution in [2.45, 2.75) is 39.4 Å². The van der Waals surface area contributed by atoms with E-state index in [0.717, 1.165) is 11.1 Å². The highest BCUT2D eigenvalue weighted by Gasteiger charge is 2.13. The number of aryl methyl sites for hydroxylation is 1. The Balaban J connectivity index is 1.65. The summed E-state index contributed by atoms with van der Waals surface area (Å²) in [5, 5.41) is 9.25. The molecule has 0 aliphatic carbocycles. The van der Waals surface area contributed by atoms with Gasteiger partial charge < -0.3 is 19.3 Å². The summed E-state index contributed by atoms with van der Waals surface area (Å²) in [7, 11) is -3.04. The quantitative estimate of drug-likeness (QED) is 0.291. The first-order valence-corrected chi connectivity index (χ1v) is 14.3. The number of aliphatic hydroxyl groups excluding tert-OH is 1. The van der Waals surface area contributed by atoms with Gasteiger partial charge in [0.1, 0.15) is 28.0 Å². The third-order valence-electron chi connectivity index (χ3n) is 5.71. The average Bonchev–Trinajstić information content (AvgIpc) is 2.86. The standard InChI is InChI=1S/C28H34FNO6S/c1-4-34-27(14-15-31)22-7-9-23(10-8-22)36-19-21-6-12-26(29)25(18-21)24-11-13-28(30-20(24)2)35-16-5-17-37(3,32)33/h6-13,18,27,31H,4-5,14-17,19H2,1-3H3/t27-/m0/s1. The molecule has 3 rings (SSSR count). The summed E-state index contributed by atoms with van der Waals surface area (Å²) in [5.74, 6) is 0.713. The lowest BCUT2D eigenvalue weighted by molar-refractivity contribution is 0.0431. The van der Waals surface area contributed by atoms with E-state index in [1.807, 2.05) is 31.2 Å². The van der Waals surface area contributed by atoms with E-state index in [9.17, 15) is 17.9 Å². The summed E-state index contributed by atoms with van der Waals surface area (Å²) in [6.07, 6.45) is 1.92. The number of aliphatic hydroxyl groups is 1. The van der Waals surface area contributed by atoms with Crippen LogP contribution in [-0.2, 0) is 21.2 Å². The van der Waals surface area contributed by atoms with Gasteiger partial charge in [-0.05, 0) is 61.7 Å². The van der Waals surface area contributed by atoms with E-state index in [1.54, 1.807) is 31.2 Å². The van der Waals surface area contributed by atoms with E-state index < -0.39 is 9.84 Å². The molecule has 9 heteroatoms. The summed E-state index contributed by atoms with van der Waals surface area (Å²) in [5.41, 5.74) is 3.41. The van der Waals surface area contributed by atoms with E-state index in [1.165, 1.54) is 12.3 Å². The molecule has 7 nitrogen and oxygen atoms in total. The number of benzene rings is 2. The van der Waals surface area contributed by atoms with Crippen LogP contribution in [0.3, 0.4) is 0 Å². The Morgan fingerprint density at radius 2 is 1.78 bits per heavy atom. The molecular formula is C28H34FNO6S. The first-order chi connectivity index (χ1) is 17.7. The van der Waals surface area contributed by atoms with Gasteiger partial charge in [-0.25, -0.2) is 17.8 Å². The van der Waals surface area contributed by atoms with E-state index >= 15 is 0 Å². The van der Waals surface area contributed by atoms with Crippen molar-refractivity contribution in [1.82, 2.24) is 4.98 Å². The van der Waals surface area contributed by atoms with E-state index in [4.69, 9.17) is 14.2 Å². The minimum atomic E-state index is -3.04. The Labute approximate surface area is 218 Å². The number of ether oxygens (including phenoxy) is 3. The van der Waals surface area contributed by atoms with Crippen molar-refractivity contribution in [2.24, 2.45) is 0 Å². The van der Waals surface area contributed by atoms with Gasteiger partial charge in [-0.15, -0.1) is 0 Å². The molecule has 0 saturated heterocycles. The van der Waals surface area contributed by atoms with Gasteiger partial charge in [-0.1, -0.05) is 18.2 Å². The fourth-order valence-electron chi connectivity index (χ4n) is 3.88. The lowest BCUT2D eigenvalue weighted by Crippen LogP contribution is -2.08. The van der Waals surface area contributed by atoms with Gasteiger partial charge in [0.2, 0.25) is 5.88 Å². The van der Waals surface area contributed by atoms with Gasteiger partial charge in [-0.3, -0.25) is 0 Å². The van der Waals surface area contributed by atoms with Crippen LogP contribution < -0.4 is 9.47 Å². The van der Waals surface area contributed by atoms with Crippen molar-refractivity contribution in [1.29, 1.82) is 0 Å². The maximum atomic E-state index is 14.7. The van der Waals surface area contributed by atoms with Crippen LogP contribution in [-0.4, -0.2) is 50.3 Å². The second kappa shape index (κ2) is 13.5. The Kier molecular flexibility index (Phi) is 10.4. The molecule has 0 unspecified atom stereocenters. The average molecular weight is 532 g/mol. The predicted octanol–water partition coefficient (Wildman–Crippen LogP) is 5.05. The number of pyridine rings is 1. The van der Waals surface area contributed by atoms with Crippen LogP contribution in [0.15, 0.2) is 54.6 Å². The molecule has 0 aliphatic heterocycles. The number of halogens is 1. The van der Waals surface area contributed by atoms with Crippen LogP contribution in [0.25, 0.3) is 11.1 Å². The van der Waals surface area contributed by atoms with Crippen molar-refractivity contribution < 1.29 is 32.1 Å². The molecule has 1 heterocycles. The summed E-state index contributed by atoms with van der Waals surface area (Å²) in [4.78, 5) is 4.40. The molecule has 0 bridgehead atoms. The molecule has 0 spiro atoms. The lowest BCUT2D eigenvalue weighted by Gasteiger charge is -2.17. The maximum Gasteiger partial charge on any atom is 0.213 e. The molecule has 1 N–H and O–H groups in total. The van der Waals surface area contributed by atoms with Gasteiger partial charge in [0.05, 0.1) is 18.5 Å². The highest BCUT2D eigenvalue weighted by atomic mass is 32.2. The largest absolute Gasteiger partial charge is 0.489 e. The van der Waals surface area contributed by atoms with Crippen LogP contribution >= 0.6 is 0 Å². The van der Waals surface area contributed by atoms with Crippen LogP contribution in [0.4, 0.5) is 4.39 Å². The van der Waals surface area contributed by atoms with E-state index in [0.29, 0.717) is 47.9 Å². The first-order valence-electron chi connectivity index (χ1n) is 12.2. The van der Waals surface area contributed by atoms with Gasteiger partial charge >= 0.3 is 0 Å². The smallest absolute Gasteiger partial charge is 0.213 e. The normalized spacial score (nSPS) is 12.4. The van der Waals surface area contributed by atoms with Gasteiger partial charge in [0.15, 0.2) is 0 Å². The number of hydrogen-bond donors (Lipinski definition) is 1. The SMILES string of the molecule is CCO[C@@H](CCO)c1ccc(OCc2ccc(F)c(-c3ccc(OCCCS(C)(=O)=O)nc3C)c2)cc1. The summed E-state index contributed by atoms with van der Waals surface area (Å²) in [6.45, 7) is 4.79. The fourth-order valence-corrected chi connectivity index (χ4v) is 4.52. The molecule has 3 aromatic rings. The van der Waals surface area contributed by atoms with Gasteiger partial charge in [0.25, 0.3) is 0 Å². The topological polar surface area (TPSA) is 95.0 Å². The molecule has 1 atom stereocenters. The molecular weight excluding hydrogens is 497 g/mol. The Bertz CT molecular complexity index is 1260. The molecule has 0 saturated carbocycles. The van der Waals surface area contributed by atoms with Crippen molar-refractivity contribution >= 4 is 9.84 Å².